The molecule has 0 radical (unpaired) electrons. The summed E-state index contributed by atoms with van der Waals surface area (Å²) in [6.45, 7) is 3.75. The molecule has 0 spiro atoms. The molecule has 1 N–H and O–H groups in total. The predicted molar refractivity (Wildman–Crippen MR) is 92.9 cm³/mol. The molecule has 0 saturated carbocycles. The van der Waals surface area contributed by atoms with Gasteiger partial charge < -0.3 is 20.0 Å². The Labute approximate surface area is 143 Å². The summed E-state index contributed by atoms with van der Waals surface area (Å²) in [5.74, 6) is 0.0514. The molecule has 2 aliphatic heterocycles. The molecule has 1 amide bonds. The van der Waals surface area contributed by atoms with E-state index >= 15 is 0 Å². The van der Waals surface area contributed by atoms with Crippen LogP contribution in [0.25, 0.3) is 0 Å². The lowest BCUT2D eigenvalue weighted by atomic mass is 10.1. The normalized spacial score (nSPS) is 21.8. The number of amides is 1. The van der Waals surface area contributed by atoms with E-state index in [0.717, 1.165) is 25.2 Å². The Morgan fingerprint density at radius 2 is 1.92 bits per heavy atom. The van der Waals surface area contributed by atoms with Crippen LogP contribution in [0.2, 0.25) is 0 Å². The first-order valence-electron chi connectivity index (χ1n) is 8.48. The summed E-state index contributed by atoms with van der Waals surface area (Å²) in [5.41, 5.74) is 2.29. The molecule has 2 aliphatic rings. The molecule has 1 fully saturated rings. The van der Waals surface area contributed by atoms with E-state index in [2.05, 4.69) is 22.3 Å². The van der Waals surface area contributed by atoms with Gasteiger partial charge in [-0.2, -0.15) is 0 Å². The van der Waals surface area contributed by atoms with Gasteiger partial charge in [0.05, 0.1) is 18.9 Å². The van der Waals surface area contributed by atoms with Gasteiger partial charge >= 0.3 is 0 Å². The molecule has 1 aromatic carbocycles. The van der Waals surface area contributed by atoms with Crippen molar-refractivity contribution in [2.75, 3.05) is 46.9 Å². The maximum Gasteiger partial charge on any atom is 0.245 e. The summed E-state index contributed by atoms with van der Waals surface area (Å²) >= 11 is 0. The van der Waals surface area contributed by atoms with Crippen molar-refractivity contribution in [1.29, 1.82) is 0 Å². The zero-order valence-corrected chi connectivity index (χ0v) is 14.4. The van der Waals surface area contributed by atoms with E-state index in [0.29, 0.717) is 19.8 Å². The lowest BCUT2D eigenvalue weighted by Gasteiger charge is -2.33. The van der Waals surface area contributed by atoms with Crippen LogP contribution in [0.1, 0.15) is 5.56 Å². The van der Waals surface area contributed by atoms with Crippen molar-refractivity contribution in [3.05, 3.63) is 47.8 Å². The number of nitrogens with zero attached hydrogens (tertiary/aromatic N) is 3. The molecule has 24 heavy (non-hydrogen) atoms. The fraction of sp³-hybridized carbons (Fsp3) is 0.500. The van der Waals surface area contributed by atoms with Crippen molar-refractivity contribution in [3.63, 3.8) is 0 Å². The van der Waals surface area contributed by atoms with Crippen molar-refractivity contribution in [2.24, 2.45) is 0 Å². The fourth-order valence-corrected chi connectivity index (χ4v) is 3.18. The molecule has 1 aromatic rings. The van der Waals surface area contributed by atoms with Crippen LogP contribution in [0, 0.1) is 0 Å². The number of likely N-dealkylation sites (N-methyl/N-ethyl adjacent to an activating group) is 1. The average Bonchev–Trinajstić information content (AvgIpc) is 2.92. The summed E-state index contributed by atoms with van der Waals surface area (Å²) in [4.78, 5) is 15.0. The van der Waals surface area contributed by atoms with E-state index in [1.165, 1.54) is 5.56 Å². The Bertz CT molecular complexity index is 584. The lowest BCUT2D eigenvalue weighted by Crippen LogP contribution is -2.50. The van der Waals surface area contributed by atoms with Gasteiger partial charge in [0.15, 0.2) is 0 Å². The van der Waals surface area contributed by atoms with Gasteiger partial charge in [0, 0.05) is 39.9 Å². The highest BCUT2D eigenvalue weighted by atomic mass is 16.5. The van der Waals surface area contributed by atoms with Crippen LogP contribution in [-0.4, -0.2) is 73.8 Å². The number of carbonyl (C=O) groups excluding carboxylic acids is 1. The van der Waals surface area contributed by atoms with E-state index in [-0.39, 0.29) is 11.9 Å². The molecular weight excluding hydrogens is 304 g/mol. The molecule has 6 nitrogen and oxygen atoms in total. The molecule has 0 aliphatic carbocycles. The monoisotopic (exact) mass is 330 g/mol. The first kappa shape index (κ1) is 16.8. The second-order valence-corrected chi connectivity index (χ2v) is 6.23. The molecule has 0 aromatic heterocycles. The second-order valence-electron chi connectivity index (χ2n) is 6.23. The standard InChI is InChI=1S/C18H26N4O2/c1-20-14-16(22-10-12-24-13-11-22)17(21(20)2)18(23)19-9-8-15-6-4-3-5-7-15/h3-7,14,17H,8-13H2,1-2H3,(H,19,23). The van der Waals surface area contributed by atoms with Crippen molar-refractivity contribution in [1.82, 2.24) is 20.2 Å². The van der Waals surface area contributed by atoms with E-state index in [1.54, 1.807) is 0 Å². The molecule has 6 heteroatoms. The minimum absolute atomic E-state index is 0.0514. The van der Waals surface area contributed by atoms with E-state index in [9.17, 15) is 4.79 Å². The molecule has 0 bridgehead atoms. The predicted octanol–water partition coefficient (Wildman–Crippen LogP) is 0.680. The van der Waals surface area contributed by atoms with Crippen molar-refractivity contribution >= 4 is 5.91 Å². The van der Waals surface area contributed by atoms with E-state index in [4.69, 9.17) is 4.74 Å². The third-order valence-electron chi connectivity index (χ3n) is 4.65. The Hall–Kier alpha value is -2.05. The van der Waals surface area contributed by atoms with Crippen LogP contribution in [-0.2, 0) is 16.0 Å². The van der Waals surface area contributed by atoms with Crippen LogP contribution in [0.4, 0.5) is 0 Å². The quantitative estimate of drug-likeness (QED) is 0.860. The summed E-state index contributed by atoms with van der Waals surface area (Å²) in [6, 6.07) is 9.95. The van der Waals surface area contributed by atoms with Gasteiger partial charge in [0.25, 0.3) is 0 Å². The highest BCUT2D eigenvalue weighted by molar-refractivity contribution is 5.85. The van der Waals surface area contributed by atoms with Gasteiger partial charge in [-0.3, -0.25) is 4.79 Å². The van der Waals surface area contributed by atoms with Gasteiger partial charge in [-0.1, -0.05) is 30.3 Å². The third-order valence-corrected chi connectivity index (χ3v) is 4.65. The summed E-state index contributed by atoms with van der Waals surface area (Å²) in [6.07, 6.45) is 2.89. The van der Waals surface area contributed by atoms with Crippen LogP contribution in [0.3, 0.4) is 0 Å². The van der Waals surface area contributed by atoms with Crippen molar-refractivity contribution in [3.8, 4) is 0 Å². The maximum atomic E-state index is 12.8. The number of hydrogen-bond donors (Lipinski definition) is 1. The third kappa shape index (κ3) is 3.71. The van der Waals surface area contributed by atoms with E-state index < -0.39 is 0 Å². The topological polar surface area (TPSA) is 48.1 Å². The van der Waals surface area contributed by atoms with Gasteiger partial charge in [-0.05, 0) is 12.0 Å². The number of ether oxygens (including phenoxy) is 1. The first-order valence-corrected chi connectivity index (χ1v) is 8.48. The Balaban J connectivity index is 1.60. The number of rotatable bonds is 5. The number of nitrogens with one attached hydrogen (secondary N) is 1. The van der Waals surface area contributed by atoms with Crippen molar-refractivity contribution < 1.29 is 9.53 Å². The van der Waals surface area contributed by atoms with Gasteiger partial charge in [-0.25, -0.2) is 5.01 Å². The average molecular weight is 330 g/mol. The van der Waals surface area contributed by atoms with Crippen LogP contribution in [0.5, 0.6) is 0 Å². The second kappa shape index (κ2) is 7.68. The maximum absolute atomic E-state index is 12.8. The van der Waals surface area contributed by atoms with Gasteiger partial charge in [-0.15, -0.1) is 0 Å². The zero-order valence-electron chi connectivity index (χ0n) is 14.4. The molecule has 3 rings (SSSR count). The van der Waals surface area contributed by atoms with Crippen LogP contribution >= 0.6 is 0 Å². The number of morpholine rings is 1. The summed E-state index contributed by atoms with van der Waals surface area (Å²) in [5, 5.41) is 7.04. The van der Waals surface area contributed by atoms with Gasteiger partial charge in [0.2, 0.25) is 5.91 Å². The Kier molecular flexibility index (Phi) is 5.37. The molecule has 1 atom stereocenters. The number of carbonyl (C=O) groups is 1. The Morgan fingerprint density at radius 1 is 1.21 bits per heavy atom. The zero-order chi connectivity index (χ0) is 16.9. The minimum Gasteiger partial charge on any atom is -0.378 e. The van der Waals surface area contributed by atoms with E-state index in [1.807, 2.05) is 48.5 Å². The molecule has 2 heterocycles. The minimum atomic E-state index is -0.274. The number of hydrogen-bond acceptors (Lipinski definition) is 5. The number of hydrazine groups is 1. The first-order chi connectivity index (χ1) is 11.7. The Morgan fingerprint density at radius 3 is 2.62 bits per heavy atom. The fourth-order valence-electron chi connectivity index (χ4n) is 3.18. The van der Waals surface area contributed by atoms with Gasteiger partial charge in [0.1, 0.15) is 6.04 Å². The largest absolute Gasteiger partial charge is 0.378 e. The molecular formula is C18H26N4O2. The van der Waals surface area contributed by atoms with Crippen LogP contribution < -0.4 is 5.32 Å². The molecule has 1 saturated heterocycles. The van der Waals surface area contributed by atoms with Crippen LogP contribution in [0.15, 0.2) is 42.2 Å². The molecule has 130 valence electrons. The SMILES string of the molecule is CN1C=C(N2CCOCC2)C(C(=O)NCCc2ccccc2)N1C. The highest BCUT2D eigenvalue weighted by Crippen LogP contribution is 2.24. The highest BCUT2D eigenvalue weighted by Gasteiger charge is 2.37. The van der Waals surface area contributed by atoms with Crippen molar-refractivity contribution in [2.45, 2.75) is 12.5 Å². The summed E-state index contributed by atoms with van der Waals surface area (Å²) < 4.78 is 5.43. The molecule has 1 unspecified atom stereocenters. The number of benzene rings is 1. The summed E-state index contributed by atoms with van der Waals surface area (Å²) in [7, 11) is 3.92. The smallest absolute Gasteiger partial charge is 0.245 e. The lowest BCUT2D eigenvalue weighted by molar-refractivity contribution is -0.128.